The third-order valence-corrected chi connectivity index (χ3v) is 6.02. The van der Waals surface area contributed by atoms with Gasteiger partial charge in [-0.2, -0.15) is 0 Å². The van der Waals surface area contributed by atoms with E-state index in [9.17, 15) is 14.4 Å². The zero-order valence-corrected chi connectivity index (χ0v) is 21.0. The highest BCUT2D eigenvalue weighted by Gasteiger charge is 2.35. The van der Waals surface area contributed by atoms with Gasteiger partial charge in [0.1, 0.15) is 11.9 Å². The smallest absolute Gasteiger partial charge is 0.255 e. The molecule has 0 saturated carbocycles. The molecule has 2 heterocycles. The second kappa shape index (κ2) is 10.1. The van der Waals surface area contributed by atoms with E-state index in [4.69, 9.17) is 0 Å². The van der Waals surface area contributed by atoms with Crippen molar-refractivity contribution >= 4 is 52.0 Å². The first-order chi connectivity index (χ1) is 17.1. The van der Waals surface area contributed by atoms with Crippen LogP contribution in [0.25, 0.3) is 0 Å². The fraction of sp³-hybridized carbons (Fsp3) is 0.259. The molecule has 3 N–H and O–H groups in total. The Morgan fingerprint density at radius 3 is 2.25 bits per heavy atom. The number of carbonyl (C=O) groups excluding carboxylic acids is 3. The van der Waals surface area contributed by atoms with Crippen molar-refractivity contribution in [3.63, 3.8) is 0 Å². The number of nitrogens with zero attached hydrogens (tertiary/aromatic N) is 3. The number of anilines is 6. The average molecular weight is 487 g/mol. The Morgan fingerprint density at radius 1 is 0.944 bits per heavy atom. The number of amides is 3. The number of likely N-dealkylation sites (N-methyl/N-ethyl adjacent to an activating group) is 1. The lowest BCUT2D eigenvalue weighted by Gasteiger charge is -2.42. The largest absolute Gasteiger partial charge is 0.355 e. The Kier molecular flexibility index (Phi) is 6.91. The highest BCUT2D eigenvalue weighted by molar-refractivity contribution is 6.06. The first-order valence-electron chi connectivity index (χ1n) is 11.8. The number of rotatable bonds is 6. The molecule has 9 nitrogen and oxygen atoms in total. The lowest BCUT2D eigenvalue weighted by molar-refractivity contribution is -0.119. The van der Waals surface area contributed by atoms with Crippen LogP contribution < -0.4 is 25.8 Å². The van der Waals surface area contributed by atoms with Gasteiger partial charge in [0.15, 0.2) is 0 Å². The quantitative estimate of drug-likeness (QED) is 0.470. The molecule has 0 saturated heterocycles. The molecule has 1 aliphatic heterocycles. The van der Waals surface area contributed by atoms with Crippen molar-refractivity contribution in [2.75, 3.05) is 32.8 Å². The molecule has 186 valence electrons. The van der Waals surface area contributed by atoms with Crippen LogP contribution in [-0.2, 0) is 9.59 Å². The molecule has 0 fully saturated rings. The lowest BCUT2D eigenvalue weighted by Crippen LogP contribution is -2.53. The fourth-order valence-electron chi connectivity index (χ4n) is 4.35. The van der Waals surface area contributed by atoms with Crippen molar-refractivity contribution in [1.82, 2.24) is 4.98 Å². The summed E-state index contributed by atoms with van der Waals surface area (Å²) in [6.07, 6.45) is 1.69. The molecule has 0 radical (unpaired) electrons. The van der Waals surface area contributed by atoms with Crippen molar-refractivity contribution in [2.45, 2.75) is 39.8 Å². The third-order valence-electron chi connectivity index (χ3n) is 6.02. The van der Waals surface area contributed by atoms with E-state index < -0.39 is 0 Å². The molecule has 2 aromatic carbocycles. The normalized spacial score (nSPS) is 14.9. The Morgan fingerprint density at radius 2 is 1.61 bits per heavy atom. The molecule has 0 aliphatic carbocycles. The fourth-order valence-corrected chi connectivity index (χ4v) is 4.35. The highest BCUT2D eigenvalue weighted by Crippen LogP contribution is 2.38. The Hall–Kier alpha value is -4.40. The van der Waals surface area contributed by atoms with E-state index in [2.05, 4.69) is 39.7 Å². The molecule has 3 amide bonds. The van der Waals surface area contributed by atoms with Crippen molar-refractivity contribution in [2.24, 2.45) is 0 Å². The minimum absolute atomic E-state index is 0.0298. The molecule has 9 heteroatoms. The summed E-state index contributed by atoms with van der Waals surface area (Å²) in [6, 6.07) is 15.8. The minimum atomic E-state index is -0.280. The number of hydrogen-bond donors (Lipinski definition) is 3. The summed E-state index contributed by atoms with van der Waals surface area (Å²) in [7, 11) is 1.76. The minimum Gasteiger partial charge on any atom is -0.355 e. The molecule has 0 spiro atoms. The van der Waals surface area contributed by atoms with Gasteiger partial charge in [0, 0.05) is 48.7 Å². The topological polar surface area (TPSA) is 107 Å². The van der Waals surface area contributed by atoms with Crippen molar-refractivity contribution in [3.8, 4) is 0 Å². The second-order valence-electron chi connectivity index (χ2n) is 9.05. The monoisotopic (exact) mass is 486 g/mol. The van der Waals surface area contributed by atoms with Gasteiger partial charge in [-0.15, -0.1) is 0 Å². The number of fused-ring (bicyclic) bond motifs is 1. The molecule has 1 aromatic heterocycles. The van der Waals surface area contributed by atoms with E-state index in [1.54, 1.807) is 60.6 Å². The number of benzene rings is 2. The van der Waals surface area contributed by atoms with Crippen LogP contribution in [0.2, 0.25) is 0 Å². The van der Waals surface area contributed by atoms with E-state index in [1.165, 1.54) is 6.92 Å². The van der Waals surface area contributed by atoms with Crippen LogP contribution in [0.15, 0.2) is 60.8 Å². The van der Waals surface area contributed by atoms with Gasteiger partial charge < -0.3 is 25.8 Å². The first kappa shape index (κ1) is 24.7. The molecular weight excluding hydrogens is 456 g/mol. The SMILES string of the molecule is CC(=O)Nc1ccc(NC(=O)c2cccc(Nc3cc4c(cn3)N(C)C(=O)C(C)N4C(C)C)c2)cc1. The van der Waals surface area contributed by atoms with Gasteiger partial charge in [-0.1, -0.05) is 6.07 Å². The van der Waals surface area contributed by atoms with Crippen LogP contribution in [0.5, 0.6) is 0 Å². The van der Waals surface area contributed by atoms with E-state index in [1.807, 2.05) is 19.1 Å². The van der Waals surface area contributed by atoms with Crippen molar-refractivity contribution in [1.29, 1.82) is 0 Å². The third kappa shape index (κ3) is 5.14. The zero-order chi connectivity index (χ0) is 26.0. The van der Waals surface area contributed by atoms with Gasteiger partial charge >= 0.3 is 0 Å². The summed E-state index contributed by atoms with van der Waals surface area (Å²) in [5.41, 5.74) is 4.14. The number of aromatic nitrogens is 1. The van der Waals surface area contributed by atoms with Gasteiger partial charge in [-0.25, -0.2) is 4.98 Å². The Bertz CT molecular complexity index is 1310. The summed E-state index contributed by atoms with van der Waals surface area (Å²) >= 11 is 0. The number of carbonyl (C=O) groups is 3. The van der Waals surface area contributed by atoms with Gasteiger partial charge in [-0.3, -0.25) is 14.4 Å². The molecule has 1 unspecified atom stereocenters. The van der Waals surface area contributed by atoms with E-state index in [-0.39, 0.29) is 29.8 Å². The van der Waals surface area contributed by atoms with E-state index >= 15 is 0 Å². The predicted octanol–water partition coefficient (Wildman–Crippen LogP) is 4.62. The molecule has 1 aliphatic rings. The van der Waals surface area contributed by atoms with Gasteiger partial charge in [0.25, 0.3) is 5.91 Å². The number of nitrogens with one attached hydrogen (secondary N) is 3. The average Bonchev–Trinajstić information content (AvgIpc) is 2.83. The second-order valence-corrected chi connectivity index (χ2v) is 9.05. The molecular formula is C27H30N6O3. The zero-order valence-electron chi connectivity index (χ0n) is 21.0. The summed E-state index contributed by atoms with van der Waals surface area (Å²) in [6.45, 7) is 7.46. The van der Waals surface area contributed by atoms with Gasteiger partial charge in [0.05, 0.1) is 17.6 Å². The highest BCUT2D eigenvalue weighted by atomic mass is 16.2. The molecule has 0 bridgehead atoms. The maximum absolute atomic E-state index is 12.8. The maximum atomic E-state index is 12.8. The summed E-state index contributed by atoms with van der Waals surface area (Å²) in [4.78, 5) is 44.9. The molecule has 4 rings (SSSR count). The van der Waals surface area contributed by atoms with Gasteiger partial charge in [-0.05, 0) is 63.2 Å². The molecule has 36 heavy (non-hydrogen) atoms. The number of hydrogen-bond acceptors (Lipinski definition) is 6. The van der Waals surface area contributed by atoms with Crippen molar-refractivity contribution in [3.05, 3.63) is 66.4 Å². The van der Waals surface area contributed by atoms with Gasteiger partial charge in [0.2, 0.25) is 11.8 Å². The van der Waals surface area contributed by atoms with E-state index in [0.29, 0.717) is 28.4 Å². The summed E-state index contributed by atoms with van der Waals surface area (Å²) in [5, 5.41) is 8.84. The van der Waals surface area contributed by atoms with Crippen LogP contribution in [-0.4, -0.2) is 41.8 Å². The Labute approximate surface area is 210 Å². The van der Waals surface area contributed by atoms with E-state index in [0.717, 1.165) is 11.4 Å². The first-order valence-corrected chi connectivity index (χ1v) is 11.8. The Balaban J connectivity index is 1.52. The maximum Gasteiger partial charge on any atom is 0.255 e. The number of pyridine rings is 1. The predicted molar refractivity (Wildman–Crippen MR) is 143 cm³/mol. The molecule has 3 aromatic rings. The van der Waals surface area contributed by atoms with Crippen LogP contribution in [0.4, 0.5) is 34.3 Å². The summed E-state index contributed by atoms with van der Waals surface area (Å²) in [5.74, 6) is 0.225. The molecule has 1 atom stereocenters. The van der Waals surface area contributed by atoms with Crippen LogP contribution in [0, 0.1) is 0 Å². The van der Waals surface area contributed by atoms with Crippen LogP contribution in [0.1, 0.15) is 38.1 Å². The lowest BCUT2D eigenvalue weighted by atomic mass is 10.1. The standard InChI is InChI=1S/C27H30N6O3/c1-16(2)33-17(3)27(36)32(5)24-15-28-25(14-23(24)33)30-22-8-6-7-19(13-22)26(35)31-21-11-9-20(10-12-21)29-18(4)34/h6-17H,1-5H3,(H,28,30)(H,29,34)(H,31,35). The van der Waals surface area contributed by atoms with Crippen molar-refractivity contribution < 1.29 is 14.4 Å². The summed E-state index contributed by atoms with van der Waals surface area (Å²) < 4.78 is 0. The van der Waals surface area contributed by atoms with Crippen LogP contribution in [0.3, 0.4) is 0 Å². The van der Waals surface area contributed by atoms with Crippen LogP contribution >= 0.6 is 0 Å².